The minimum absolute atomic E-state index is 0.131. The lowest BCUT2D eigenvalue weighted by Crippen LogP contribution is -2.60. The molecule has 2 aromatic rings. The van der Waals surface area contributed by atoms with Gasteiger partial charge in [0.1, 0.15) is 0 Å². The number of hydrogen-bond acceptors (Lipinski definition) is 9. The Hall–Kier alpha value is -3.94. The van der Waals surface area contributed by atoms with Gasteiger partial charge in [-0.15, -0.1) is 23.2 Å². The quantitative estimate of drug-likeness (QED) is 0.106. The van der Waals surface area contributed by atoms with Gasteiger partial charge in [-0.1, -0.05) is 39.7 Å². The van der Waals surface area contributed by atoms with Crippen molar-refractivity contribution in [2.75, 3.05) is 24.6 Å². The van der Waals surface area contributed by atoms with Crippen LogP contribution in [0.4, 0.5) is 11.4 Å². The van der Waals surface area contributed by atoms with Crippen LogP contribution in [-0.2, 0) is 19.2 Å². The molecular formula is C31H26BrCl2N3O9. The van der Waals surface area contributed by atoms with E-state index in [1.54, 1.807) is 30.4 Å². The van der Waals surface area contributed by atoms with E-state index in [2.05, 4.69) is 15.9 Å². The van der Waals surface area contributed by atoms with Gasteiger partial charge in [-0.3, -0.25) is 39.1 Å². The summed E-state index contributed by atoms with van der Waals surface area (Å²) in [5.41, 5.74) is 0.930. The molecule has 2 aliphatic heterocycles. The summed E-state index contributed by atoms with van der Waals surface area (Å²) in [5.74, 6) is -5.82. The Morgan fingerprint density at radius 1 is 1.04 bits per heavy atom. The van der Waals surface area contributed by atoms with Crippen molar-refractivity contribution in [2.24, 2.45) is 23.7 Å². The Kier molecular flexibility index (Phi) is 7.93. The molecule has 1 N–H and O–H groups in total. The van der Waals surface area contributed by atoms with E-state index in [1.807, 2.05) is 0 Å². The molecular weight excluding hydrogens is 709 g/mol. The van der Waals surface area contributed by atoms with Crippen molar-refractivity contribution in [1.82, 2.24) is 4.90 Å². The number of hydrogen-bond donors (Lipinski definition) is 1. The number of imide groups is 2. The van der Waals surface area contributed by atoms with Gasteiger partial charge in [-0.05, 0) is 48.6 Å². The third-order valence-corrected chi connectivity index (χ3v) is 11.3. The highest BCUT2D eigenvalue weighted by Gasteiger charge is 2.75. The fourth-order valence-corrected chi connectivity index (χ4v) is 8.58. The first kappa shape index (κ1) is 32.0. The second kappa shape index (κ2) is 11.4. The number of nitrogens with zero attached hydrogens (tertiary/aromatic N) is 3. The Morgan fingerprint density at radius 3 is 2.24 bits per heavy atom. The zero-order valence-corrected chi connectivity index (χ0v) is 27.4. The number of nitro groups is 1. The van der Waals surface area contributed by atoms with Crippen molar-refractivity contribution in [2.45, 2.75) is 22.6 Å². The number of phenols is 1. The number of benzene rings is 2. The van der Waals surface area contributed by atoms with Crippen LogP contribution in [0.15, 0.2) is 54.1 Å². The van der Waals surface area contributed by atoms with Crippen LogP contribution in [0.25, 0.3) is 6.08 Å². The third-order valence-electron chi connectivity index (χ3n) is 9.37. The van der Waals surface area contributed by atoms with Crippen molar-refractivity contribution >= 4 is 80.2 Å². The molecule has 0 bridgehead atoms. The lowest BCUT2D eigenvalue weighted by molar-refractivity contribution is -0.384. The molecule has 240 valence electrons. The number of ether oxygens (including phenoxy) is 2. The number of phenolic OH excluding ortho intramolecular Hbond substituents is 1. The fourth-order valence-electron chi connectivity index (χ4n) is 7.20. The summed E-state index contributed by atoms with van der Waals surface area (Å²) in [4.78, 5) is 63.9. The van der Waals surface area contributed by atoms with Crippen LogP contribution in [-0.4, -0.2) is 68.0 Å². The zero-order valence-electron chi connectivity index (χ0n) is 24.3. The van der Waals surface area contributed by atoms with Crippen LogP contribution in [0, 0.1) is 33.8 Å². The van der Waals surface area contributed by atoms with E-state index in [0.29, 0.717) is 11.1 Å². The Labute approximate surface area is 280 Å². The molecule has 6 unspecified atom stereocenters. The Bertz CT molecular complexity index is 1740. The molecule has 46 heavy (non-hydrogen) atoms. The molecule has 2 saturated heterocycles. The van der Waals surface area contributed by atoms with E-state index in [-0.39, 0.29) is 46.9 Å². The number of carbonyl (C=O) groups is 4. The number of halogens is 3. The average molecular weight is 735 g/mol. The van der Waals surface area contributed by atoms with Crippen LogP contribution in [0.3, 0.4) is 0 Å². The minimum atomic E-state index is -1.97. The lowest BCUT2D eigenvalue weighted by Gasteiger charge is -2.49. The van der Waals surface area contributed by atoms with Crippen molar-refractivity contribution in [3.63, 3.8) is 0 Å². The molecule has 15 heteroatoms. The predicted octanol–water partition coefficient (Wildman–Crippen LogP) is 4.78. The number of fused-ring (bicyclic) bond motifs is 4. The van der Waals surface area contributed by atoms with Crippen molar-refractivity contribution in [3.8, 4) is 17.2 Å². The first-order valence-corrected chi connectivity index (χ1v) is 16.0. The number of likely N-dealkylation sites (tertiary alicyclic amines) is 1. The van der Waals surface area contributed by atoms with E-state index in [0.717, 1.165) is 9.80 Å². The molecule has 0 radical (unpaired) electrons. The van der Waals surface area contributed by atoms with Crippen LogP contribution in [0.5, 0.6) is 17.2 Å². The molecule has 0 spiro atoms. The lowest BCUT2D eigenvalue weighted by atomic mass is 9.57. The van der Waals surface area contributed by atoms with Crippen molar-refractivity contribution in [3.05, 3.63) is 69.8 Å². The average Bonchev–Trinajstić information content (AvgIpc) is 3.38. The van der Waals surface area contributed by atoms with Gasteiger partial charge in [-0.25, -0.2) is 0 Å². The molecule has 12 nitrogen and oxygen atoms in total. The molecule has 6 rings (SSSR count). The Balaban J connectivity index is 1.45. The normalized spacial score (nSPS) is 30.3. The highest BCUT2D eigenvalue weighted by molar-refractivity contribution is 9.09. The number of alkyl halides is 3. The van der Waals surface area contributed by atoms with Gasteiger partial charge < -0.3 is 14.6 Å². The van der Waals surface area contributed by atoms with Crippen LogP contribution in [0.1, 0.15) is 18.4 Å². The number of nitro benzene ring substituents is 1. The number of carbonyl (C=O) groups excluding carboxylic acids is 4. The van der Waals surface area contributed by atoms with E-state index in [4.69, 9.17) is 32.7 Å². The molecule has 0 aromatic heterocycles. The number of amides is 4. The summed E-state index contributed by atoms with van der Waals surface area (Å²) in [5, 5.41) is 21.5. The van der Waals surface area contributed by atoms with E-state index >= 15 is 0 Å². The fraction of sp³-hybridized carbons (Fsp3) is 0.355. The van der Waals surface area contributed by atoms with Gasteiger partial charge in [-0.2, -0.15) is 0 Å². The summed E-state index contributed by atoms with van der Waals surface area (Å²) < 4.78 is 10.5. The molecule has 2 aliphatic carbocycles. The molecule has 4 amide bonds. The number of rotatable bonds is 7. The third kappa shape index (κ3) is 4.39. The van der Waals surface area contributed by atoms with Crippen LogP contribution >= 0.6 is 39.1 Å². The van der Waals surface area contributed by atoms with Gasteiger partial charge in [0, 0.05) is 18.1 Å². The number of aromatic hydroxyl groups is 1. The summed E-state index contributed by atoms with van der Waals surface area (Å²) >= 11 is 17.6. The maximum Gasteiger partial charge on any atom is 0.269 e. The van der Waals surface area contributed by atoms with Gasteiger partial charge in [0.2, 0.25) is 17.6 Å². The second-order valence-electron chi connectivity index (χ2n) is 11.4. The van der Waals surface area contributed by atoms with E-state index < -0.39 is 62.0 Å². The monoisotopic (exact) mass is 733 g/mol. The maximum absolute atomic E-state index is 14.1. The van der Waals surface area contributed by atoms with Gasteiger partial charge in [0.15, 0.2) is 21.2 Å². The zero-order chi connectivity index (χ0) is 33.3. The first-order valence-electron chi connectivity index (χ1n) is 14.1. The molecule has 6 atom stereocenters. The number of anilines is 1. The molecule has 3 fully saturated rings. The minimum Gasteiger partial charge on any atom is -0.502 e. The standard InChI is InChI=1S/C31H26BrCl2N3O9/c1-45-22-11-15(12-23(46-2)25(22)38)3-10-21-18-8-9-19-24(20(18)13-30(33)28(41)35(14-32)29(42)31(21,30)34)27(40)36(26(19)39)16-4-6-17(7-5-16)37(43)44/h3-8,10-12,19-21,24,38H,9,13-14H2,1-2H3. The molecule has 1 saturated carbocycles. The largest absolute Gasteiger partial charge is 0.502 e. The van der Waals surface area contributed by atoms with Gasteiger partial charge in [0.05, 0.1) is 42.1 Å². The highest BCUT2D eigenvalue weighted by atomic mass is 79.9. The Morgan fingerprint density at radius 2 is 1.67 bits per heavy atom. The second-order valence-corrected chi connectivity index (χ2v) is 13.2. The predicted molar refractivity (Wildman–Crippen MR) is 170 cm³/mol. The van der Waals surface area contributed by atoms with E-state index in [1.165, 1.54) is 38.5 Å². The maximum atomic E-state index is 14.1. The summed E-state index contributed by atoms with van der Waals surface area (Å²) in [6.45, 7) is 0. The summed E-state index contributed by atoms with van der Waals surface area (Å²) in [7, 11) is 2.76. The SMILES string of the molecule is COc1cc(C=CC2C3=CCC4C(=O)N(c5ccc([N+](=O)[O-])cc5)C(=O)C4C3CC3(Cl)C(=O)N(CBr)C(=O)C23Cl)cc(OC)c1O. The van der Waals surface area contributed by atoms with Crippen molar-refractivity contribution < 1.29 is 38.7 Å². The summed E-state index contributed by atoms with van der Waals surface area (Å²) in [6.07, 6.45) is 5.02. The van der Waals surface area contributed by atoms with Crippen molar-refractivity contribution in [1.29, 1.82) is 0 Å². The molecule has 2 heterocycles. The smallest absolute Gasteiger partial charge is 0.269 e. The topological polar surface area (TPSA) is 157 Å². The first-order chi connectivity index (χ1) is 21.8. The summed E-state index contributed by atoms with van der Waals surface area (Å²) in [6, 6.07) is 8.19. The number of methoxy groups -OCH3 is 2. The van der Waals surface area contributed by atoms with Gasteiger partial charge in [0.25, 0.3) is 17.5 Å². The molecule has 2 aromatic carbocycles. The van der Waals surface area contributed by atoms with Crippen LogP contribution in [0.2, 0.25) is 0 Å². The molecule has 4 aliphatic rings. The van der Waals surface area contributed by atoms with Crippen LogP contribution < -0.4 is 14.4 Å². The van der Waals surface area contributed by atoms with Gasteiger partial charge >= 0.3 is 0 Å². The van der Waals surface area contributed by atoms with E-state index in [9.17, 15) is 34.4 Å². The number of allylic oxidation sites excluding steroid dienone is 3. The highest BCUT2D eigenvalue weighted by Crippen LogP contribution is 2.63. The number of non-ortho nitro benzene ring substituents is 1.